The van der Waals surface area contributed by atoms with Crippen LogP contribution in [0.15, 0.2) is 24.3 Å². The van der Waals surface area contributed by atoms with Crippen LogP contribution in [-0.4, -0.2) is 54.5 Å². The smallest absolute Gasteiger partial charge is 0.317 e. The molecule has 1 spiro atoms. The van der Waals surface area contributed by atoms with E-state index in [-0.39, 0.29) is 23.7 Å². The number of nitrogens with one attached hydrogen (secondary N) is 1. The first kappa shape index (κ1) is 16.9. The van der Waals surface area contributed by atoms with Crippen molar-refractivity contribution in [3.8, 4) is 0 Å². The third-order valence-electron chi connectivity index (χ3n) is 6.55. The third kappa shape index (κ3) is 2.83. The number of fused-ring (bicyclic) bond motifs is 1. The number of benzene rings is 1. The first-order valence-electron chi connectivity index (χ1n) is 9.54. The number of amides is 2. The molecule has 5 nitrogen and oxygen atoms in total. The van der Waals surface area contributed by atoms with Crippen LogP contribution in [0.3, 0.4) is 0 Å². The molecule has 3 atom stereocenters. The molecule has 2 N–H and O–H groups in total. The van der Waals surface area contributed by atoms with Gasteiger partial charge in [-0.25, -0.2) is 4.79 Å². The number of piperidine rings is 1. The number of aliphatic hydroxyl groups is 1. The third-order valence-corrected chi connectivity index (χ3v) is 6.55. The summed E-state index contributed by atoms with van der Waals surface area (Å²) in [4.78, 5) is 14.4. The van der Waals surface area contributed by atoms with Gasteiger partial charge in [0.25, 0.3) is 0 Å². The summed E-state index contributed by atoms with van der Waals surface area (Å²) < 4.78 is 5.79. The minimum absolute atomic E-state index is 0.0287. The average Bonchev–Trinajstić information content (AvgIpc) is 2.62. The second-order valence-corrected chi connectivity index (χ2v) is 7.70. The SMILES string of the molecule is CCOC1CC(O)C12CCN(C(=O)NCC1Cc3ccccc31)CC2. The van der Waals surface area contributed by atoms with E-state index < -0.39 is 0 Å². The van der Waals surface area contributed by atoms with Crippen LogP contribution < -0.4 is 5.32 Å². The monoisotopic (exact) mass is 344 g/mol. The molecule has 1 saturated carbocycles. The number of rotatable bonds is 4. The number of aliphatic hydroxyl groups excluding tert-OH is 1. The van der Waals surface area contributed by atoms with Gasteiger partial charge in [0.2, 0.25) is 0 Å². The minimum atomic E-state index is -0.277. The van der Waals surface area contributed by atoms with Crippen LogP contribution >= 0.6 is 0 Å². The Morgan fingerprint density at radius 2 is 2.12 bits per heavy atom. The Balaban J connectivity index is 1.26. The molecular formula is C20H28N2O3. The van der Waals surface area contributed by atoms with E-state index in [1.54, 1.807) is 0 Å². The van der Waals surface area contributed by atoms with Crippen molar-refractivity contribution in [2.45, 2.75) is 50.7 Å². The van der Waals surface area contributed by atoms with Crippen molar-refractivity contribution >= 4 is 6.03 Å². The van der Waals surface area contributed by atoms with Gasteiger partial charge >= 0.3 is 6.03 Å². The largest absolute Gasteiger partial charge is 0.392 e. The highest BCUT2D eigenvalue weighted by molar-refractivity contribution is 5.74. The predicted octanol–water partition coefficient (Wildman–Crippen LogP) is 2.29. The Bertz CT molecular complexity index is 638. The summed E-state index contributed by atoms with van der Waals surface area (Å²) in [5.74, 6) is 0.451. The van der Waals surface area contributed by atoms with Gasteiger partial charge in [-0.3, -0.25) is 0 Å². The molecule has 2 fully saturated rings. The molecule has 1 heterocycles. The van der Waals surface area contributed by atoms with Gasteiger partial charge in [-0.2, -0.15) is 0 Å². The lowest BCUT2D eigenvalue weighted by molar-refractivity contribution is -0.207. The van der Waals surface area contributed by atoms with Gasteiger partial charge in [-0.15, -0.1) is 0 Å². The second-order valence-electron chi connectivity index (χ2n) is 7.70. The zero-order valence-corrected chi connectivity index (χ0v) is 14.9. The van der Waals surface area contributed by atoms with Crippen molar-refractivity contribution in [2.75, 3.05) is 26.2 Å². The van der Waals surface area contributed by atoms with Gasteiger partial charge in [-0.1, -0.05) is 24.3 Å². The summed E-state index contributed by atoms with van der Waals surface area (Å²) in [5, 5.41) is 13.4. The molecule has 0 radical (unpaired) electrons. The van der Waals surface area contributed by atoms with Gasteiger partial charge in [0.05, 0.1) is 12.2 Å². The van der Waals surface area contributed by atoms with Crippen molar-refractivity contribution in [2.24, 2.45) is 5.41 Å². The van der Waals surface area contributed by atoms with Gasteiger partial charge in [0.1, 0.15) is 0 Å². The Hall–Kier alpha value is -1.59. The van der Waals surface area contributed by atoms with Crippen LogP contribution in [-0.2, 0) is 11.2 Å². The molecular weight excluding hydrogens is 316 g/mol. The molecule has 4 rings (SSSR count). The van der Waals surface area contributed by atoms with E-state index in [1.807, 2.05) is 11.8 Å². The maximum absolute atomic E-state index is 12.5. The van der Waals surface area contributed by atoms with E-state index in [4.69, 9.17) is 4.74 Å². The molecule has 1 saturated heterocycles. The molecule has 5 heteroatoms. The van der Waals surface area contributed by atoms with Crippen LogP contribution in [0.2, 0.25) is 0 Å². The molecule has 0 bridgehead atoms. The fraction of sp³-hybridized carbons (Fsp3) is 0.650. The summed E-state index contributed by atoms with van der Waals surface area (Å²) in [6.45, 7) is 4.80. The lowest BCUT2D eigenvalue weighted by Gasteiger charge is -2.56. The van der Waals surface area contributed by atoms with E-state index in [0.717, 1.165) is 25.7 Å². The average molecular weight is 344 g/mol. The summed E-state index contributed by atoms with van der Waals surface area (Å²) in [5.41, 5.74) is 2.65. The normalized spacial score (nSPS) is 29.5. The molecule has 2 aliphatic carbocycles. The van der Waals surface area contributed by atoms with E-state index in [2.05, 4.69) is 29.6 Å². The van der Waals surface area contributed by atoms with Crippen LogP contribution in [0.25, 0.3) is 0 Å². The molecule has 2 amide bonds. The van der Waals surface area contributed by atoms with Crippen molar-refractivity contribution in [3.63, 3.8) is 0 Å². The first-order valence-corrected chi connectivity index (χ1v) is 9.54. The summed E-state index contributed by atoms with van der Waals surface area (Å²) in [6, 6.07) is 8.49. The number of hydrogen-bond acceptors (Lipinski definition) is 3. The highest BCUT2D eigenvalue weighted by Crippen LogP contribution is 2.50. The minimum Gasteiger partial charge on any atom is -0.392 e. The molecule has 25 heavy (non-hydrogen) atoms. The van der Waals surface area contributed by atoms with E-state index >= 15 is 0 Å². The topological polar surface area (TPSA) is 61.8 Å². The van der Waals surface area contributed by atoms with Crippen molar-refractivity contribution in [1.82, 2.24) is 10.2 Å². The maximum Gasteiger partial charge on any atom is 0.317 e. The molecule has 3 aliphatic rings. The Morgan fingerprint density at radius 3 is 2.80 bits per heavy atom. The highest BCUT2D eigenvalue weighted by Gasteiger charge is 2.56. The quantitative estimate of drug-likeness (QED) is 0.881. The van der Waals surface area contributed by atoms with Crippen LogP contribution in [0.5, 0.6) is 0 Å². The van der Waals surface area contributed by atoms with Crippen LogP contribution in [0, 0.1) is 5.41 Å². The Morgan fingerprint density at radius 1 is 1.36 bits per heavy atom. The number of nitrogens with zero attached hydrogens (tertiary/aromatic N) is 1. The lowest BCUT2D eigenvalue weighted by Crippen LogP contribution is -2.63. The number of ether oxygens (including phenoxy) is 1. The number of urea groups is 1. The standard InChI is InChI=1S/C20H28N2O3/c1-2-25-18-12-17(23)20(18)7-9-22(10-8-20)19(24)21-13-15-11-14-5-3-4-6-16(14)15/h3-6,15,17-18,23H,2,7-13H2,1H3,(H,21,24). The summed E-state index contributed by atoms with van der Waals surface area (Å²) in [7, 11) is 0. The molecule has 0 aromatic heterocycles. The predicted molar refractivity (Wildman–Crippen MR) is 95.6 cm³/mol. The van der Waals surface area contributed by atoms with E-state index in [1.165, 1.54) is 11.1 Å². The van der Waals surface area contributed by atoms with E-state index in [9.17, 15) is 9.90 Å². The fourth-order valence-corrected chi connectivity index (χ4v) is 4.81. The van der Waals surface area contributed by atoms with E-state index in [0.29, 0.717) is 32.2 Å². The molecule has 1 aromatic carbocycles. The van der Waals surface area contributed by atoms with Gasteiger partial charge in [0.15, 0.2) is 0 Å². The van der Waals surface area contributed by atoms with Gasteiger partial charge in [0, 0.05) is 44.0 Å². The van der Waals surface area contributed by atoms with Crippen molar-refractivity contribution in [3.05, 3.63) is 35.4 Å². The lowest BCUT2D eigenvalue weighted by atomic mass is 9.58. The van der Waals surface area contributed by atoms with Crippen molar-refractivity contribution < 1.29 is 14.6 Å². The maximum atomic E-state index is 12.5. The number of carbonyl (C=O) groups is 1. The number of hydrogen-bond donors (Lipinski definition) is 2. The van der Waals surface area contributed by atoms with Crippen LogP contribution in [0.1, 0.15) is 43.2 Å². The zero-order chi connectivity index (χ0) is 17.4. The molecule has 136 valence electrons. The Labute approximate surface area is 149 Å². The van der Waals surface area contributed by atoms with Crippen LogP contribution in [0.4, 0.5) is 4.79 Å². The summed E-state index contributed by atoms with van der Waals surface area (Å²) in [6.07, 6.45) is 3.34. The second kappa shape index (κ2) is 6.61. The van der Waals surface area contributed by atoms with Gasteiger partial charge < -0.3 is 20.1 Å². The summed E-state index contributed by atoms with van der Waals surface area (Å²) >= 11 is 0. The number of likely N-dealkylation sites (tertiary alicyclic amines) is 1. The Kier molecular flexibility index (Phi) is 4.46. The molecule has 1 aromatic rings. The highest BCUT2D eigenvalue weighted by atomic mass is 16.5. The zero-order valence-electron chi connectivity index (χ0n) is 14.9. The van der Waals surface area contributed by atoms with Crippen molar-refractivity contribution in [1.29, 1.82) is 0 Å². The van der Waals surface area contributed by atoms with Gasteiger partial charge in [-0.05, 0) is 37.3 Å². The first-order chi connectivity index (χ1) is 12.1. The number of carbonyl (C=O) groups excluding carboxylic acids is 1. The molecule has 1 aliphatic heterocycles. The molecule has 3 unspecified atom stereocenters. The fourth-order valence-electron chi connectivity index (χ4n) is 4.81.